The van der Waals surface area contributed by atoms with Gasteiger partial charge in [0.2, 0.25) is 0 Å². The lowest BCUT2D eigenvalue weighted by Crippen LogP contribution is -2.68. The number of aliphatic hydroxyl groups is 1. The van der Waals surface area contributed by atoms with E-state index in [0.717, 1.165) is 19.6 Å². The van der Waals surface area contributed by atoms with Crippen LogP contribution in [0.3, 0.4) is 0 Å². The van der Waals surface area contributed by atoms with Crippen LogP contribution in [0.15, 0.2) is 0 Å². The van der Waals surface area contributed by atoms with Gasteiger partial charge in [-0.3, -0.25) is 9.80 Å². The van der Waals surface area contributed by atoms with Crippen molar-refractivity contribution in [3.8, 4) is 0 Å². The molecule has 3 rings (SSSR count). The molecule has 0 aliphatic carbocycles. The number of aliphatic hydroxyl groups excluding tert-OH is 1. The van der Waals surface area contributed by atoms with Crippen LogP contribution in [0.1, 0.15) is 13.8 Å². The van der Waals surface area contributed by atoms with Crippen molar-refractivity contribution in [2.24, 2.45) is 0 Å². The van der Waals surface area contributed by atoms with Crippen molar-refractivity contribution in [3.63, 3.8) is 0 Å². The van der Waals surface area contributed by atoms with Crippen molar-refractivity contribution in [1.29, 1.82) is 0 Å². The van der Waals surface area contributed by atoms with Crippen molar-refractivity contribution in [3.05, 3.63) is 0 Å². The molecule has 3 aliphatic rings. The van der Waals surface area contributed by atoms with Crippen molar-refractivity contribution in [2.75, 3.05) is 26.2 Å². The SMILES string of the molecule is CC1CN2CC(C)N1CC2CO. The quantitative estimate of drug-likeness (QED) is 0.588. The van der Waals surface area contributed by atoms with Crippen molar-refractivity contribution in [1.82, 2.24) is 9.80 Å². The number of rotatable bonds is 1. The monoisotopic (exact) mass is 170 g/mol. The van der Waals surface area contributed by atoms with Crippen molar-refractivity contribution >= 4 is 0 Å². The second-order valence-electron chi connectivity index (χ2n) is 4.19. The molecule has 0 spiro atoms. The maximum atomic E-state index is 9.12. The highest BCUT2D eigenvalue weighted by Gasteiger charge is 2.39. The van der Waals surface area contributed by atoms with Crippen LogP contribution in [-0.2, 0) is 0 Å². The highest BCUT2D eigenvalue weighted by Crippen LogP contribution is 2.24. The highest BCUT2D eigenvalue weighted by atomic mass is 16.3. The van der Waals surface area contributed by atoms with E-state index in [1.165, 1.54) is 0 Å². The molecule has 12 heavy (non-hydrogen) atoms. The van der Waals surface area contributed by atoms with E-state index in [1.54, 1.807) is 0 Å². The fraction of sp³-hybridized carbons (Fsp3) is 1.00. The lowest BCUT2D eigenvalue weighted by molar-refractivity contribution is -0.0712. The molecule has 0 amide bonds. The van der Waals surface area contributed by atoms with Gasteiger partial charge in [-0.25, -0.2) is 0 Å². The number of fused-ring (bicyclic) bond motifs is 3. The number of hydrogen-bond donors (Lipinski definition) is 1. The zero-order valence-electron chi connectivity index (χ0n) is 7.90. The summed E-state index contributed by atoms with van der Waals surface area (Å²) in [7, 11) is 0. The Bertz CT molecular complexity index is 162. The third kappa shape index (κ3) is 1.16. The second-order valence-corrected chi connectivity index (χ2v) is 4.19. The fourth-order valence-electron chi connectivity index (χ4n) is 2.59. The summed E-state index contributed by atoms with van der Waals surface area (Å²) in [6.45, 7) is 8.19. The van der Waals surface area contributed by atoms with Gasteiger partial charge in [0.15, 0.2) is 0 Å². The van der Waals surface area contributed by atoms with E-state index in [-0.39, 0.29) is 0 Å². The molecule has 3 heterocycles. The minimum atomic E-state index is 0.315. The summed E-state index contributed by atoms with van der Waals surface area (Å²) in [6, 6.07) is 1.76. The predicted octanol–water partition coefficient (Wildman–Crippen LogP) is -0.245. The largest absolute Gasteiger partial charge is 0.395 e. The molecule has 3 aliphatic heterocycles. The first-order valence-corrected chi connectivity index (χ1v) is 4.83. The molecule has 2 bridgehead atoms. The van der Waals surface area contributed by atoms with Crippen LogP contribution in [0.5, 0.6) is 0 Å². The van der Waals surface area contributed by atoms with E-state index in [1.807, 2.05) is 0 Å². The molecule has 0 aromatic rings. The minimum Gasteiger partial charge on any atom is -0.395 e. The average Bonchev–Trinajstić information content (AvgIpc) is 2.04. The molecular weight excluding hydrogens is 152 g/mol. The summed E-state index contributed by atoms with van der Waals surface area (Å²) in [5.41, 5.74) is 0. The van der Waals surface area contributed by atoms with Gasteiger partial charge < -0.3 is 5.11 Å². The Morgan fingerprint density at radius 3 is 2.17 bits per heavy atom. The first-order chi connectivity index (χ1) is 5.72. The number of piperazine rings is 3. The lowest BCUT2D eigenvalue weighted by Gasteiger charge is -2.54. The molecule has 0 aromatic heterocycles. The Labute approximate surface area is 74.0 Å². The Morgan fingerprint density at radius 1 is 1.17 bits per heavy atom. The normalized spacial score (nSPS) is 52.8. The zero-order valence-corrected chi connectivity index (χ0v) is 7.90. The zero-order chi connectivity index (χ0) is 8.72. The minimum absolute atomic E-state index is 0.315. The molecule has 3 heteroatoms. The molecule has 3 unspecified atom stereocenters. The molecule has 0 saturated carbocycles. The van der Waals surface area contributed by atoms with Crippen molar-refractivity contribution in [2.45, 2.75) is 32.0 Å². The van der Waals surface area contributed by atoms with E-state index in [0.29, 0.717) is 24.7 Å². The Kier molecular flexibility index (Phi) is 2.10. The van der Waals surface area contributed by atoms with Crippen LogP contribution in [0.25, 0.3) is 0 Å². The smallest absolute Gasteiger partial charge is 0.0599 e. The molecule has 3 fully saturated rings. The van der Waals surface area contributed by atoms with Gasteiger partial charge in [-0.2, -0.15) is 0 Å². The second kappa shape index (κ2) is 2.98. The van der Waals surface area contributed by atoms with Crippen LogP contribution >= 0.6 is 0 Å². The van der Waals surface area contributed by atoms with Gasteiger partial charge in [-0.05, 0) is 13.8 Å². The maximum Gasteiger partial charge on any atom is 0.0599 e. The summed E-state index contributed by atoms with van der Waals surface area (Å²) in [4.78, 5) is 4.94. The molecule has 70 valence electrons. The van der Waals surface area contributed by atoms with E-state index in [9.17, 15) is 0 Å². The van der Waals surface area contributed by atoms with Crippen molar-refractivity contribution < 1.29 is 5.11 Å². The molecular formula is C9H18N2O. The molecule has 0 radical (unpaired) electrons. The van der Waals surface area contributed by atoms with Gasteiger partial charge in [0, 0.05) is 37.8 Å². The molecule has 3 saturated heterocycles. The number of nitrogens with zero attached hydrogens (tertiary/aromatic N) is 2. The van der Waals surface area contributed by atoms with Gasteiger partial charge >= 0.3 is 0 Å². The number of hydrogen-bond acceptors (Lipinski definition) is 3. The topological polar surface area (TPSA) is 26.7 Å². The first kappa shape index (κ1) is 8.48. The Balaban J connectivity index is 2.09. The Morgan fingerprint density at radius 2 is 1.75 bits per heavy atom. The molecule has 3 atom stereocenters. The van der Waals surface area contributed by atoms with Crippen LogP contribution in [0.4, 0.5) is 0 Å². The van der Waals surface area contributed by atoms with Gasteiger partial charge in [-0.15, -0.1) is 0 Å². The van der Waals surface area contributed by atoms with Crippen LogP contribution < -0.4 is 0 Å². The van der Waals surface area contributed by atoms with E-state index in [4.69, 9.17) is 5.11 Å². The van der Waals surface area contributed by atoms with E-state index < -0.39 is 0 Å². The summed E-state index contributed by atoms with van der Waals surface area (Å²) in [6.07, 6.45) is 0. The summed E-state index contributed by atoms with van der Waals surface area (Å²) < 4.78 is 0. The maximum absolute atomic E-state index is 9.12. The van der Waals surface area contributed by atoms with Crippen LogP contribution in [0.2, 0.25) is 0 Å². The predicted molar refractivity (Wildman–Crippen MR) is 48.1 cm³/mol. The third-order valence-corrected chi connectivity index (χ3v) is 3.28. The molecule has 3 nitrogen and oxygen atoms in total. The molecule has 1 N–H and O–H groups in total. The summed E-state index contributed by atoms with van der Waals surface area (Å²) in [5.74, 6) is 0. The average molecular weight is 170 g/mol. The highest BCUT2D eigenvalue weighted by molar-refractivity contribution is 4.95. The first-order valence-electron chi connectivity index (χ1n) is 4.83. The lowest BCUT2D eigenvalue weighted by atomic mass is 9.99. The van der Waals surface area contributed by atoms with Gasteiger partial charge in [0.05, 0.1) is 6.61 Å². The summed E-state index contributed by atoms with van der Waals surface area (Å²) in [5, 5.41) is 9.12. The van der Waals surface area contributed by atoms with E-state index >= 15 is 0 Å². The van der Waals surface area contributed by atoms with Crippen LogP contribution in [-0.4, -0.2) is 59.3 Å². The van der Waals surface area contributed by atoms with Gasteiger partial charge in [0.25, 0.3) is 0 Å². The molecule has 0 aromatic carbocycles. The third-order valence-electron chi connectivity index (χ3n) is 3.28. The van der Waals surface area contributed by atoms with Crippen LogP contribution in [0, 0.1) is 0 Å². The standard InChI is InChI=1S/C9H18N2O/c1-7-3-10-4-8(2)11(7)5-9(10)6-12/h7-9,12H,3-6H2,1-2H3. The van der Waals surface area contributed by atoms with Gasteiger partial charge in [0.1, 0.15) is 0 Å². The fourth-order valence-corrected chi connectivity index (χ4v) is 2.59. The van der Waals surface area contributed by atoms with E-state index in [2.05, 4.69) is 23.6 Å². The van der Waals surface area contributed by atoms with Gasteiger partial charge in [-0.1, -0.05) is 0 Å². The Hall–Kier alpha value is -0.120. The summed E-state index contributed by atoms with van der Waals surface area (Å²) >= 11 is 0.